The molecule has 2 heterocycles. The van der Waals surface area contributed by atoms with Crippen LogP contribution in [0.3, 0.4) is 0 Å². The van der Waals surface area contributed by atoms with Crippen molar-refractivity contribution in [2.24, 2.45) is 17.8 Å². The number of rotatable bonds is 1. The van der Waals surface area contributed by atoms with E-state index in [0.29, 0.717) is 11.8 Å². The van der Waals surface area contributed by atoms with Crippen LogP contribution >= 0.6 is 0 Å². The molecule has 1 saturated carbocycles. The smallest absolute Gasteiger partial charge is 0.308 e. The molecule has 0 amide bonds. The van der Waals surface area contributed by atoms with Crippen molar-refractivity contribution in [3.8, 4) is 0 Å². The molecule has 3 unspecified atom stereocenters. The number of carbonyl (C=O) groups is 1. The van der Waals surface area contributed by atoms with Crippen LogP contribution in [0.1, 0.15) is 19.3 Å². The molecule has 2 aliphatic heterocycles. The summed E-state index contributed by atoms with van der Waals surface area (Å²) in [6, 6.07) is 0. The van der Waals surface area contributed by atoms with Crippen molar-refractivity contribution in [3.63, 3.8) is 0 Å². The molecule has 13 heavy (non-hydrogen) atoms. The fraction of sp³-hybridized carbons (Fsp3) is 0.900. The lowest BCUT2D eigenvalue weighted by Crippen LogP contribution is -2.31. The number of fused-ring (bicyclic) bond motifs is 4. The number of hydrogen-bond donors (Lipinski definition) is 1. The predicted molar refractivity (Wildman–Crippen MR) is 49.2 cm³/mol. The van der Waals surface area contributed by atoms with Gasteiger partial charge in [-0.05, 0) is 44.2 Å². The average Bonchev–Trinajstić information content (AvgIpc) is 2.50. The number of carbonyl (C=O) groups excluding carboxylic acids is 1. The summed E-state index contributed by atoms with van der Waals surface area (Å²) in [4.78, 5) is 11.5. The standard InChI is InChI=1S/C10H17NO2/c1-13-10(12)9-4-7-2-3-8(9)6-11-5-7/h7-9,11H,2-6H2,1H3. The fourth-order valence-corrected chi connectivity index (χ4v) is 2.66. The lowest BCUT2D eigenvalue weighted by molar-refractivity contribution is -0.148. The van der Waals surface area contributed by atoms with Crippen LogP contribution in [-0.2, 0) is 9.53 Å². The van der Waals surface area contributed by atoms with E-state index in [1.54, 1.807) is 0 Å². The Morgan fingerprint density at radius 1 is 1.38 bits per heavy atom. The molecule has 2 bridgehead atoms. The number of nitrogens with one attached hydrogen (secondary N) is 1. The minimum atomic E-state index is -0.00148. The highest BCUT2D eigenvalue weighted by molar-refractivity contribution is 5.72. The highest BCUT2D eigenvalue weighted by atomic mass is 16.5. The Bertz CT molecular complexity index is 201. The second kappa shape index (κ2) is 3.66. The van der Waals surface area contributed by atoms with Crippen LogP contribution in [0.4, 0.5) is 0 Å². The van der Waals surface area contributed by atoms with Gasteiger partial charge >= 0.3 is 5.97 Å². The van der Waals surface area contributed by atoms with Crippen molar-refractivity contribution in [3.05, 3.63) is 0 Å². The van der Waals surface area contributed by atoms with E-state index >= 15 is 0 Å². The summed E-state index contributed by atoms with van der Waals surface area (Å²) in [5, 5.41) is 3.41. The zero-order chi connectivity index (χ0) is 9.26. The van der Waals surface area contributed by atoms with E-state index in [2.05, 4.69) is 5.32 Å². The average molecular weight is 183 g/mol. The third-order valence-corrected chi connectivity index (χ3v) is 3.45. The third kappa shape index (κ3) is 1.70. The lowest BCUT2D eigenvalue weighted by Gasteiger charge is -2.29. The molecule has 2 saturated heterocycles. The largest absolute Gasteiger partial charge is 0.469 e. The molecule has 0 aromatic rings. The van der Waals surface area contributed by atoms with Gasteiger partial charge < -0.3 is 10.1 Å². The summed E-state index contributed by atoms with van der Waals surface area (Å²) in [5.74, 6) is 1.38. The molecule has 0 aromatic heterocycles. The van der Waals surface area contributed by atoms with Crippen LogP contribution in [-0.4, -0.2) is 26.2 Å². The number of esters is 1. The van der Waals surface area contributed by atoms with Gasteiger partial charge in [-0.2, -0.15) is 0 Å². The van der Waals surface area contributed by atoms with Crippen LogP contribution in [0.15, 0.2) is 0 Å². The van der Waals surface area contributed by atoms with Gasteiger partial charge in [0.1, 0.15) is 0 Å². The molecule has 0 spiro atoms. The van der Waals surface area contributed by atoms with E-state index in [4.69, 9.17) is 4.74 Å². The quantitative estimate of drug-likeness (QED) is 0.611. The van der Waals surface area contributed by atoms with Gasteiger partial charge in [0.2, 0.25) is 0 Å². The summed E-state index contributed by atoms with van der Waals surface area (Å²) >= 11 is 0. The first-order chi connectivity index (χ1) is 6.31. The zero-order valence-corrected chi connectivity index (χ0v) is 8.08. The van der Waals surface area contributed by atoms with Crippen molar-refractivity contribution in [2.45, 2.75) is 19.3 Å². The Labute approximate surface area is 78.8 Å². The van der Waals surface area contributed by atoms with Crippen LogP contribution in [0, 0.1) is 17.8 Å². The van der Waals surface area contributed by atoms with Crippen LogP contribution in [0.2, 0.25) is 0 Å². The number of ether oxygens (including phenoxy) is 1. The van der Waals surface area contributed by atoms with Gasteiger partial charge in [-0.15, -0.1) is 0 Å². The summed E-state index contributed by atoms with van der Waals surface area (Å²) in [7, 11) is 1.49. The van der Waals surface area contributed by atoms with Gasteiger partial charge in [-0.1, -0.05) is 0 Å². The monoisotopic (exact) mass is 183 g/mol. The summed E-state index contributed by atoms with van der Waals surface area (Å²) in [5.41, 5.74) is 0. The van der Waals surface area contributed by atoms with Gasteiger partial charge in [0.05, 0.1) is 13.0 Å². The Morgan fingerprint density at radius 3 is 3.00 bits per heavy atom. The summed E-state index contributed by atoms with van der Waals surface area (Å²) in [6.07, 6.45) is 3.51. The maximum atomic E-state index is 11.5. The maximum Gasteiger partial charge on any atom is 0.308 e. The second-order valence-electron chi connectivity index (χ2n) is 4.23. The lowest BCUT2D eigenvalue weighted by atomic mass is 9.75. The van der Waals surface area contributed by atoms with E-state index in [9.17, 15) is 4.79 Å². The molecule has 0 aromatic carbocycles. The van der Waals surface area contributed by atoms with Crippen LogP contribution in [0.25, 0.3) is 0 Å². The van der Waals surface area contributed by atoms with Crippen LogP contribution < -0.4 is 5.32 Å². The minimum Gasteiger partial charge on any atom is -0.469 e. The first-order valence-electron chi connectivity index (χ1n) is 5.10. The van der Waals surface area contributed by atoms with Gasteiger partial charge in [0.15, 0.2) is 0 Å². The Balaban J connectivity index is 2.08. The molecule has 0 radical (unpaired) electrons. The molecule has 3 fully saturated rings. The molecule has 1 N–H and O–H groups in total. The fourth-order valence-electron chi connectivity index (χ4n) is 2.66. The van der Waals surface area contributed by atoms with E-state index in [-0.39, 0.29) is 11.9 Å². The zero-order valence-electron chi connectivity index (χ0n) is 8.08. The number of hydrogen-bond acceptors (Lipinski definition) is 3. The van der Waals surface area contributed by atoms with Gasteiger partial charge in [-0.25, -0.2) is 0 Å². The molecule has 3 nitrogen and oxygen atoms in total. The molecule has 3 heteroatoms. The summed E-state index contributed by atoms with van der Waals surface area (Å²) in [6.45, 7) is 2.08. The first kappa shape index (κ1) is 9.00. The molecule has 74 valence electrons. The van der Waals surface area contributed by atoms with Crippen molar-refractivity contribution in [2.75, 3.05) is 20.2 Å². The highest BCUT2D eigenvalue weighted by Gasteiger charge is 2.37. The van der Waals surface area contributed by atoms with Crippen LogP contribution in [0.5, 0.6) is 0 Å². The van der Waals surface area contributed by atoms with Crippen molar-refractivity contribution < 1.29 is 9.53 Å². The van der Waals surface area contributed by atoms with Gasteiger partial charge in [0.25, 0.3) is 0 Å². The maximum absolute atomic E-state index is 11.5. The van der Waals surface area contributed by atoms with Crippen molar-refractivity contribution in [1.29, 1.82) is 0 Å². The van der Waals surface area contributed by atoms with Crippen molar-refractivity contribution in [1.82, 2.24) is 5.32 Å². The van der Waals surface area contributed by atoms with Gasteiger partial charge in [-0.3, -0.25) is 4.79 Å². The van der Waals surface area contributed by atoms with E-state index in [1.807, 2.05) is 0 Å². The minimum absolute atomic E-state index is 0.00148. The molecule has 1 aliphatic carbocycles. The third-order valence-electron chi connectivity index (χ3n) is 3.45. The molecular formula is C10H17NO2. The topological polar surface area (TPSA) is 38.3 Å². The SMILES string of the molecule is COC(=O)C1CC2CCC1CNC2. The van der Waals surface area contributed by atoms with E-state index in [1.165, 1.54) is 20.0 Å². The second-order valence-corrected chi connectivity index (χ2v) is 4.23. The normalized spacial score (nSPS) is 38.4. The highest BCUT2D eigenvalue weighted by Crippen LogP contribution is 2.36. The first-order valence-corrected chi connectivity index (χ1v) is 5.10. The van der Waals surface area contributed by atoms with E-state index < -0.39 is 0 Å². The van der Waals surface area contributed by atoms with E-state index in [0.717, 1.165) is 19.5 Å². The molecule has 3 atom stereocenters. The Kier molecular flexibility index (Phi) is 2.54. The van der Waals surface area contributed by atoms with Crippen molar-refractivity contribution >= 4 is 5.97 Å². The summed E-state index contributed by atoms with van der Waals surface area (Å²) < 4.78 is 4.83. The number of methoxy groups -OCH3 is 1. The molecule has 3 aliphatic rings. The predicted octanol–water partition coefficient (Wildman–Crippen LogP) is 0.795. The Morgan fingerprint density at radius 2 is 2.23 bits per heavy atom. The Hall–Kier alpha value is -0.570. The molecule has 3 rings (SSSR count). The van der Waals surface area contributed by atoms with Gasteiger partial charge in [0, 0.05) is 0 Å². The molecular weight excluding hydrogens is 166 g/mol.